The zero-order valence-corrected chi connectivity index (χ0v) is 11.1. The molecule has 7 nitrogen and oxygen atoms in total. The molecule has 8 heteroatoms. The molecule has 1 aromatic rings. The highest BCUT2D eigenvalue weighted by atomic mass is 32.2. The minimum Gasteiger partial charge on any atom is -0.397 e. The van der Waals surface area contributed by atoms with Gasteiger partial charge in [-0.15, -0.1) is 0 Å². The lowest BCUT2D eigenvalue weighted by Gasteiger charge is -2.22. The van der Waals surface area contributed by atoms with Crippen LogP contribution in [-0.2, 0) is 14.8 Å². The highest BCUT2D eigenvalue weighted by Gasteiger charge is 2.32. The molecular formula is C11H17N3O4S. The quantitative estimate of drug-likeness (QED) is 0.552. The van der Waals surface area contributed by atoms with E-state index < -0.39 is 15.6 Å². The number of ether oxygens (including phenoxy) is 1. The van der Waals surface area contributed by atoms with E-state index in [4.69, 9.17) is 15.6 Å². The molecule has 0 bridgehead atoms. The number of anilines is 2. The van der Waals surface area contributed by atoms with Crippen LogP contribution >= 0.6 is 0 Å². The lowest BCUT2D eigenvalue weighted by Crippen LogP contribution is -2.37. The predicted octanol–water partition coefficient (Wildman–Crippen LogP) is -0.521. The summed E-state index contributed by atoms with van der Waals surface area (Å²) in [6, 6.07) is 4.17. The van der Waals surface area contributed by atoms with Crippen molar-refractivity contribution in [2.24, 2.45) is 5.14 Å². The maximum atomic E-state index is 11.2. The van der Waals surface area contributed by atoms with E-state index in [0.29, 0.717) is 18.7 Å². The number of nitrogens with one attached hydrogen (secondary N) is 1. The van der Waals surface area contributed by atoms with Gasteiger partial charge in [-0.1, -0.05) is 0 Å². The number of hydrogen-bond acceptors (Lipinski definition) is 6. The van der Waals surface area contributed by atoms with E-state index >= 15 is 0 Å². The smallest absolute Gasteiger partial charge is 0.238 e. The van der Waals surface area contributed by atoms with Gasteiger partial charge in [-0.25, -0.2) is 13.6 Å². The zero-order chi connectivity index (χ0) is 14.1. The molecule has 1 fully saturated rings. The molecule has 0 amide bonds. The number of primary sulfonamides is 1. The lowest BCUT2D eigenvalue weighted by molar-refractivity contribution is 0.0382. The number of nitrogens with two attached hydrogens (primary N) is 2. The first-order chi connectivity index (χ1) is 8.80. The third-order valence-electron chi connectivity index (χ3n) is 3.04. The van der Waals surface area contributed by atoms with Gasteiger partial charge in [0.15, 0.2) is 0 Å². The van der Waals surface area contributed by atoms with E-state index in [9.17, 15) is 13.5 Å². The largest absolute Gasteiger partial charge is 0.397 e. The second-order valence-electron chi connectivity index (χ2n) is 4.67. The fourth-order valence-electron chi connectivity index (χ4n) is 1.87. The molecule has 1 aliphatic heterocycles. The minimum atomic E-state index is -3.76. The highest BCUT2D eigenvalue weighted by molar-refractivity contribution is 7.89. The van der Waals surface area contributed by atoms with Crippen LogP contribution in [0.15, 0.2) is 23.1 Å². The maximum Gasteiger partial charge on any atom is 0.238 e. The predicted molar refractivity (Wildman–Crippen MR) is 71.1 cm³/mol. The van der Waals surface area contributed by atoms with Gasteiger partial charge in [-0.3, -0.25) is 0 Å². The van der Waals surface area contributed by atoms with Crippen molar-refractivity contribution < 1.29 is 18.3 Å². The van der Waals surface area contributed by atoms with Crippen molar-refractivity contribution in [2.75, 3.05) is 30.8 Å². The zero-order valence-electron chi connectivity index (χ0n) is 10.3. The van der Waals surface area contributed by atoms with Gasteiger partial charge in [0, 0.05) is 19.6 Å². The van der Waals surface area contributed by atoms with E-state index in [-0.39, 0.29) is 23.7 Å². The van der Waals surface area contributed by atoms with Crippen LogP contribution in [-0.4, -0.2) is 38.9 Å². The number of nitrogen functional groups attached to an aromatic ring is 1. The fraction of sp³-hybridized carbons (Fsp3) is 0.455. The number of hydrogen-bond donors (Lipinski definition) is 4. The topological polar surface area (TPSA) is 128 Å². The molecule has 1 saturated heterocycles. The summed E-state index contributed by atoms with van der Waals surface area (Å²) < 4.78 is 27.4. The van der Waals surface area contributed by atoms with Gasteiger partial charge in [0.25, 0.3) is 0 Å². The number of benzene rings is 1. The van der Waals surface area contributed by atoms with Crippen LogP contribution in [0.25, 0.3) is 0 Å². The summed E-state index contributed by atoms with van der Waals surface area (Å²) in [6.07, 6.45) is 0.551. The summed E-state index contributed by atoms with van der Waals surface area (Å²) in [5, 5.41) is 18.1. The van der Waals surface area contributed by atoms with Gasteiger partial charge in [-0.2, -0.15) is 0 Å². The summed E-state index contributed by atoms with van der Waals surface area (Å²) >= 11 is 0. The van der Waals surface area contributed by atoms with Crippen molar-refractivity contribution in [3.05, 3.63) is 18.2 Å². The van der Waals surface area contributed by atoms with Gasteiger partial charge >= 0.3 is 0 Å². The van der Waals surface area contributed by atoms with Crippen molar-refractivity contribution in [1.82, 2.24) is 0 Å². The van der Waals surface area contributed by atoms with Crippen molar-refractivity contribution in [3.63, 3.8) is 0 Å². The Kier molecular flexibility index (Phi) is 3.68. The molecule has 106 valence electrons. The average Bonchev–Trinajstić information content (AvgIpc) is 2.74. The molecule has 0 radical (unpaired) electrons. The second-order valence-corrected chi connectivity index (χ2v) is 6.24. The normalized spacial score (nSPS) is 23.5. The summed E-state index contributed by atoms with van der Waals surface area (Å²) in [6.45, 7) is 1.08. The van der Waals surface area contributed by atoms with Crippen LogP contribution < -0.4 is 16.2 Å². The monoisotopic (exact) mass is 287 g/mol. The van der Waals surface area contributed by atoms with Crippen molar-refractivity contribution in [3.8, 4) is 0 Å². The molecule has 2 rings (SSSR count). The van der Waals surface area contributed by atoms with Crippen LogP contribution in [0.1, 0.15) is 6.42 Å². The van der Waals surface area contributed by atoms with Crippen LogP contribution in [0.5, 0.6) is 0 Å². The molecular weight excluding hydrogens is 270 g/mol. The molecule has 0 spiro atoms. The molecule has 0 saturated carbocycles. The van der Waals surface area contributed by atoms with Crippen LogP contribution in [0.4, 0.5) is 11.4 Å². The van der Waals surface area contributed by atoms with Gasteiger partial charge in [-0.05, 0) is 18.2 Å². The van der Waals surface area contributed by atoms with Crippen LogP contribution in [0, 0.1) is 0 Å². The lowest BCUT2D eigenvalue weighted by atomic mass is 10.0. The molecule has 0 aliphatic carbocycles. The van der Waals surface area contributed by atoms with E-state index in [0.717, 1.165) is 0 Å². The van der Waals surface area contributed by atoms with Gasteiger partial charge in [0.2, 0.25) is 10.0 Å². The maximum absolute atomic E-state index is 11.2. The fourth-order valence-corrected chi connectivity index (χ4v) is 2.42. The second kappa shape index (κ2) is 4.97. The van der Waals surface area contributed by atoms with Gasteiger partial charge < -0.3 is 20.9 Å². The SMILES string of the molecule is Nc1cc(S(N)(=O)=O)ccc1NCC1(O)CCOC1. The summed E-state index contributed by atoms with van der Waals surface area (Å²) in [4.78, 5) is -0.0431. The molecule has 1 aliphatic rings. The van der Waals surface area contributed by atoms with Crippen LogP contribution in [0.2, 0.25) is 0 Å². The first kappa shape index (κ1) is 14.1. The van der Waals surface area contributed by atoms with E-state index in [1.54, 1.807) is 0 Å². The van der Waals surface area contributed by atoms with Crippen molar-refractivity contribution in [1.29, 1.82) is 0 Å². The summed E-state index contributed by atoms with van der Waals surface area (Å²) in [5.74, 6) is 0. The molecule has 0 aromatic heterocycles. The van der Waals surface area contributed by atoms with E-state index in [1.165, 1.54) is 18.2 Å². The van der Waals surface area contributed by atoms with E-state index in [1.807, 2.05) is 0 Å². The third-order valence-corrected chi connectivity index (χ3v) is 3.95. The third kappa shape index (κ3) is 3.35. The Balaban J connectivity index is 2.09. The minimum absolute atomic E-state index is 0.0431. The number of aliphatic hydroxyl groups is 1. The molecule has 19 heavy (non-hydrogen) atoms. The Morgan fingerprint density at radius 3 is 2.74 bits per heavy atom. The average molecular weight is 287 g/mol. The molecule has 1 atom stereocenters. The molecule has 1 unspecified atom stereocenters. The highest BCUT2D eigenvalue weighted by Crippen LogP contribution is 2.24. The van der Waals surface area contributed by atoms with Gasteiger partial charge in [0.05, 0.1) is 22.9 Å². The standard InChI is InChI=1S/C11H17N3O4S/c12-9-5-8(19(13,16)17)1-2-10(9)14-6-11(15)3-4-18-7-11/h1-2,5,14-15H,3-4,6-7,12H2,(H2,13,16,17). The first-order valence-corrected chi connectivity index (χ1v) is 7.31. The Bertz CT molecular complexity index is 567. The Labute approximate surface area is 111 Å². The Morgan fingerprint density at radius 1 is 1.47 bits per heavy atom. The number of sulfonamides is 1. The molecule has 1 aromatic carbocycles. The Hall–Kier alpha value is -1.35. The summed E-state index contributed by atoms with van der Waals surface area (Å²) in [5.41, 5.74) is 5.65. The molecule has 6 N–H and O–H groups in total. The number of rotatable bonds is 4. The van der Waals surface area contributed by atoms with Crippen molar-refractivity contribution in [2.45, 2.75) is 16.9 Å². The van der Waals surface area contributed by atoms with Crippen LogP contribution in [0.3, 0.4) is 0 Å². The molecule has 1 heterocycles. The van der Waals surface area contributed by atoms with Crippen molar-refractivity contribution >= 4 is 21.4 Å². The van der Waals surface area contributed by atoms with E-state index in [2.05, 4.69) is 5.32 Å². The Morgan fingerprint density at radius 2 is 2.21 bits per heavy atom. The van der Waals surface area contributed by atoms with Gasteiger partial charge in [0.1, 0.15) is 5.60 Å². The first-order valence-electron chi connectivity index (χ1n) is 5.77. The summed E-state index contributed by atoms with van der Waals surface area (Å²) in [7, 11) is -3.76.